The lowest BCUT2D eigenvalue weighted by Gasteiger charge is -2.05. The van der Waals surface area contributed by atoms with Crippen LogP contribution in [0.15, 0.2) is 63.9 Å². The van der Waals surface area contributed by atoms with Crippen molar-refractivity contribution in [1.82, 2.24) is 0 Å². The van der Waals surface area contributed by atoms with Crippen molar-refractivity contribution < 1.29 is 9.52 Å². The summed E-state index contributed by atoms with van der Waals surface area (Å²) in [5.41, 5.74) is 0.482. The number of benzene rings is 2. The van der Waals surface area contributed by atoms with Gasteiger partial charge in [-0.05, 0) is 30.3 Å². The molecule has 0 unspecified atom stereocenters. The zero-order valence-electron chi connectivity index (χ0n) is 11.7. The van der Waals surface area contributed by atoms with Crippen molar-refractivity contribution in [3.63, 3.8) is 0 Å². The highest BCUT2D eigenvalue weighted by Gasteiger charge is 2.09. The Labute approximate surface area is 141 Å². The SMILES string of the molecule is O=c1oc2ccccc2cc1/C(O)=C/Nc1cc(Cl)cc(Cl)c1. The Hall–Kier alpha value is -2.43. The van der Waals surface area contributed by atoms with E-state index in [9.17, 15) is 9.90 Å². The Balaban J connectivity index is 1.94. The molecule has 3 rings (SSSR count). The molecule has 0 bridgehead atoms. The number of fused-ring (bicyclic) bond motifs is 1. The van der Waals surface area contributed by atoms with Gasteiger partial charge in [0.15, 0.2) is 0 Å². The highest BCUT2D eigenvalue weighted by molar-refractivity contribution is 6.35. The molecular weight excluding hydrogens is 337 g/mol. The Bertz CT molecular complexity index is 943. The van der Waals surface area contributed by atoms with Crippen LogP contribution in [0.2, 0.25) is 10.0 Å². The molecule has 0 radical (unpaired) electrons. The molecule has 0 amide bonds. The van der Waals surface area contributed by atoms with Crippen molar-refractivity contribution in [2.45, 2.75) is 0 Å². The molecule has 4 nitrogen and oxygen atoms in total. The maximum atomic E-state index is 12.0. The fraction of sp³-hybridized carbons (Fsp3) is 0. The molecule has 0 aliphatic rings. The number of hydrogen-bond donors (Lipinski definition) is 2. The van der Waals surface area contributed by atoms with E-state index in [1.54, 1.807) is 42.5 Å². The second-order valence-corrected chi connectivity index (χ2v) is 5.69. The first kappa shape index (κ1) is 15.5. The van der Waals surface area contributed by atoms with Gasteiger partial charge in [0, 0.05) is 27.3 Å². The minimum Gasteiger partial charge on any atom is -0.506 e. The van der Waals surface area contributed by atoms with Crippen LogP contribution in [-0.2, 0) is 0 Å². The average Bonchev–Trinajstić information content (AvgIpc) is 2.51. The lowest BCUT2D eigenvalue weighted by atomic mass is 10.1. The minimum absolute atomic E-state index is 0.0596. The molecular formula is C17H11Cl2NO3. The standard InChI is InChI=1S/C17H11Cl2NO3/c18-11-6-12(19)8-13(7-11)20-9-15(21)14-5-10-3-1-2-4-16(10)23-17(14)22/h1-9,20-21H/b15-9-. The largest absolute Gasteiger partial charge is 0.506 e. The number of nitrogens with one attached hydrogen (secondary N) is 1. The summed E-state index contributed by atoms with van der Waals surface area (Å²) in [6.45, 7) is 0. The predicted molar refractivity (Wildman–Crippen MR) is 93.2 cm³/mol. The number of halogens is 2. The maximum Gasteiger partial charge on any atom is 0.347 e. The third kappa shape index (κ3) is 3.50. The number of hydrogen-bond acceptors (Lipinski definition) is 4. The number of rotatable bonds is 3. The lowest BCUT2D eigenvalue weighted by Crippen LogP contribution is -2.07. The lowest BCUT2D eigenvalue weighted by molar-refractivity contribution is 0.497. The Morgan fingerprint density at radius 3 is 2.52 bits per heavy atom. The second-order valence-electron chi connectivity index (χ2n) is 4.82. The maximum absolute atomic E-state index is 12.0. The van der Waals surface area contributed by atoms with Crippen molar-refractivity contribution in [2.24, 2.45) is 0 Å². The summed E-state index contributed by atoms with van der Waals surface area (Å²) in [4.78, 5) is 12.0. The molecule has 2 N–H and O–H groups in total. The van der Waals surface area contributed by atoms with Crippen LogP contribution in [0.1, 0.15) is 5.56 Å². The Morgan fingerprint density at radius 2 is 1.78 bits per heavy atom. The topological polar surface area (TPSA) is 62.5 Å². The van der Waals surface area contributed by atoms with Gasteiger partial charge in [-0.1, -0.05) is 41.4 Å². The van der Waals surface area contributed by atoms with E-state index in [0.717, 1.165) is 0 Å². The van der Waals surface area contributed by atoms with Gasteiger partial charge in [-0.2, -0.15) is 0 Å². The first-order chi connectivity index (χ1) is 11.0. The van der Waals surface area contributed by atoms with E-state index in [0.29, 0.717) is 26.7 Å². The van der Waals surface area contributed by atoms with Gasteiger partial charge >= 0.3 is 5.63 Å². The van der Waals surface area contributed by atoms with Crippen molar-refractivity contribution in [3.8, 4) is 0 Å². The predicted octanol–water partition coefficient (Wildman–Crippen LogP) is 5.07. The summed E-state index contributed by atoms with van der Waals surface area (Å²) in [5, 5.41) is 14.6. The molecule has 0 spiro atoms. The van der Waals surface area contributed by atoms with Crippen LogP contribution in [0, 0.1) is 0 Å². The number of aliphatic hydroxyl groups excluding tert-OH is 1. The molecule has 0 atom stereocenters. The first-order valence-corrected chi connectivity index (χ1v) is 7.43. The Morgan fingerprint density at radius 1 is 1.09 bits per heavy atom. The molecule has 0 saturated heterocycles. The van der Waals surface area contributed by atoms with Gasteiger partial charge in [0.1, 0.15) is 16.9 Å². The number of para-hydroxylation sites is 1. The zero-order chi connectivity index (χ0) is 16.4. The second kappa shape index (κ2) is 6.36. The first-order valence-electron chi connectivity index (χ1n) is 6.68. The molecule has 0 aliphatic carbocycles. The van der Waals surface area contributed by atoms with Gasteiger partial charge in [0.25, 0.3) is 0 Å². The van der Waals surface area contributed by atoms with Crippen molar-refractivity contribution in [1.29, 1.82) is 0 Å². The van der Waals surface area contributed by atoms with E-state index in [2.05, 4.69) is 5.32 Å². The number of anilines is 1. The smallest absolute Gasteiger partial charge is 0.347 e. The van der Waals surface area contributed by atoms with Crippen LogP contribution < -0.4 is 10.9 Å². The molecule has 1 aromatic heterocycles. The van der Waals surface area contributed by atoms with Gasteiger partial charge in [0.05, 0.1) is 0 Å². The van der Waals surface area contributed by atoms with E-state index in [-0.39, 0.29) is 11.3 Å². The number of aliphatic hydroxyl groups is 1. The third-order valence-corrected chi connectivity index (χ3v) is 3.59. The summed E-state index contributed by atoms with van der Waals surface area (Å²) in [6.07, 6.45) is 1.28. The fourth-order valence-electron chi connectivity index (χ4n) is 2.11. The molecule has 23 heavy (non-hydrogen) atoms. The van der Waals surface area contributed by atoms with Crippen molar-refractivity contribution in [3.05, 3.63) is 80.8 Å². The van der Waals surface area contributed by atoms with E-state index >= 15 is 0 Å². The molecule has 0 saturated carbocycles. The van der Waals surface area contributed by atoms with E-state index in [4.69, 9.17) is 27.6 Å². The van der Waals surface area contributed by atoms with E-state index < -0.39 is 5.63 Å². The summed E-state index contributed by atoms with van der Waals surface area (Å²) in [7, 11) is 0. The molecule has 0 fully saturated rings. The summed E-state index contributed by atoms with van der Waals surface area (Å²) >= 11 is 11.8. The van der Waals surface area contributed by atoms with E-state index in [1.807, 2.05) is 6.07 Å². The zero-order valence-corrected chi connectivity index (χ0v) is 13.2. The average molecular weight is 348 g/mol. The Kier molecular flexibility index (Phi) is 4.28. The normalized spacial score (nSPS) is 11.7. The summed E-state index contributed by atoms with van der Waals surface area (Å²) < 4.78 is 5.18. The third-order valence-electron chi connectivity index (χ3n) is 3.16. The van der Waals surface area contributed by atoms with Gasteiger partial charge < -0.3 is 14.8 Å². The summed E-state index contributed by atoms with van der Waals surface area (Å²) in [5.74, 6) is -0.249. The van der Waals surface area contributed by atoms with Gasteiger partial charge in [-0.25, -0.2) is 4.79 Å². The van der Waals surface area contributed by atoms with Crippen LogP contribution in [-0.4, -0.2) is 5.11 Å². The monoisotopic (exact) mass is 347 g/mol. The van der Waals surface area contributed by atoms with Crippen LogP contribution >= 0.6 is 23.2 Å². The van der Waals surface area contributed by atoms with Crippen LogP contribution in [0.3, 0.4) is 0 Å². The van der Waals surface area contributed by atoms with Crippen molar-refractivity contribution in [2.75, 3.05) is 5.32 Å². The molecule has 0 aliphatic heterocycles. The molecule has 116 valence electrons. The minimum atomic E-state index is -0.622. The molecule has 6 heteroatoms. The fourth-order valence-corrected chi connectivity index (χ4v) is 2.63. The molecule has 3 aromatic rings. The van der Waals surface area contributed by atoms with Crippen molar-refractivity contribution >= 4 is 45.6 Å². The van der Waals surface area contributed by atoms with Gasteiger partial charge in [-0.15, -0.1) is 0 Å². The molecule has 2 aromatic carbocycles. The van der Waals surface area contributed by atoms with Crippen LogP contribution in [0.5, 0.6) is 0 Å². The quantitative estimate of drug-likeness (QED) is 0.513. The van der Waals surface area contributed by atoms with Gasteiger partial charge in [-0.3, -0.25) is 0 Å². The van der Waals surface area contributed by atoms with E-state index in [1.165, 1.54) is 6.20 Å². The highest BCUT2D eigenvalue weighted by Crippen LogP contribution is 2.23. The molecule has 1 heterocycles. The van der Waals surface area contributed by atoms with Crippen LogP contribution in [0.4, 0.5) is 5.69 Å². The van der Waals surface area contributed by atoms with Gasteiger partial charge in [0.2, 0.25) is 0 Å². The highest BCUT2D eigenvalue weighted by atomic mass is 35.5. The summed E-state index contributed by atoms with van der Waals surface area (Å²) in [6, 6.07) is 13.5. The van der Waals surface area contributed by atoms with Crippen LogP contribution in [0.25, 0.3) is 16.7 Å².